The lowest BCUT2D eigenvalue weighted by molar-refractivity contribution is -0.128. The Kier molecular flexibility index (Phi) is 5.38. The van der Waals surface area contributed by atoms with E-state index in [4.69, 9.17) is 12.2 Å². The summed E-state index contributed by atoms with van der Waals surface area (Å²) in [6, 6.07) is 16.7. The molecule has 0 atom stereocenters. The minimum atomic E-state index is -0.681. The summed E-state index contributed by atoms with van der Waals surface area (Å²) in [5, 5.41) is 2.41. The van der Waals surface area contributed by atoms with E-state index < -0.39 is 17.6 Å². The van der Waals surface area contributed by atoms with Crippen LogP contribution in [0.25, 0.3) is 11.1 Å². The Labute approximate surface area is 162 Å². The van der Waals surface area contributed by atoms with Crippen molar-refractivity contribution in [2.75, 3.05) is 6.54 Å². The van der Waals surface area contributed by atoms with Gasteiger partial charge >= 0.3 is 0 Å². The van der Waals surface area contributed by atoms with Gasteiger partial charge in [0.1, 0.15) is 5.57 Å². The van der Waals surface area contributed by atoms with Gasteiger partial charge in [0, 0.05) is 18.2 Å². The number of hydrogen-bond acceptors (Lipinski definition) is 4. The summed E-state index contributed by atoms with van der Waals surface area (Å²) in [7, 11) is 0. The number of carbonyl (C=O) groups excluding carboxylic acids is 3. The van der Waals surface area contributed by atoms with Crippen molar-refractivity contribution >= 4 is 34.9 Å². The van der Waals surface area contributed by atoms with Crippen molar-refractivity contribution in [1.29, 1.82) is 0 Å². The zero-order valence-electron chi connectivity index (χ0n) is 14.3. The highest BCUT2D eigenvalue weighted by Gasteiger charge is 2.33. The largest absolute Gasteiger partial charge is 0.298 e. The van der Waals surface area contributed by atoms with Crippen molar-refractivity contribution in [2.24, 2.45) is 0 Å². The summed E-state index contributed by atoms with van der Waals surface area (Å²) in [5.74, 6) is -1.73. The first kappa shape index (κ1) is 18.4. The molecule has 0 aromatic heterocycles. The molecule has 5 nitrogen and oxygen atoms in total. The van der Waals surface area contributed by atoms with Crippen molar-refractivity contribution in [3.63, 3.8) is 0 Å². The highest BCUT2D eigenvalue weighted by Crippen LogP contribution is 2.20. The van der Waals surface area contributed by atoms with Crippen LogP contribution in [0.2, 0.25) is 0 Å². The highest BCUT2D eigenvalue weighted by molar-refractivity contribution is 7.80. The van der Waals surface area contributed by atoms with Crippen LogP contribution in [-0.4, -0.2) is 34.2 Å². The lowest BCUT2D eigenvalue weighted by Crippen LogP contribution is -2.54. The average molecular weight is 376 g/mol. The van der Waals surface area contributed by atoms with E-state index in [-0.39, 0.29) is 17.2 Å². The quantitative estimate of drug-likeness (QED) is 0.286. The molecule has 1 heterocycles. The summed E-state index contributed by atoms with van der Waals surface area (Å²) >= 11 is 4.98. The second-order valence-corrected chi connectivity index (χ2v) is 6.22. The fourth-order valence-corrected chi connectivity index (χ4v) is 2.91. The molecular formula is C21H16N2O3S. The van der Waals surface area contributed by atoms with Gasteiger partial charge in [-0.15, -0.1) is 6.58 Å². The van der Waals surface area contributed by atoms with Crippen LogP contribution in [0.15, 0.2) is 78.9 Å². The van der Waals surface area contributed by atoms with Crippen LogP contribution in [0, 0.1) is 0 Å². The van der Waals surface area contributed by atoms with Crippen molar-refractivity contribution in [3.8, 4) is 11.1 Å². The molecule has 2 aromatic rings. The predicted octanol–water partition coefficient (Wildman–Crippen LogP) is 2.89. The molecule has 1 aliphatic heterocycles. The number of carbonyl (C=O) groups is 3. The summed E-state index contributed by atoms with van der Waals surface area (Å²) in [4.78, 5) is 38.2. The van der Waals surface area contributed by atoms with Crippen molar-refractivity contribution in [1.82, 2.24) is 10.2 Å². The van der Waals surface area contributed by atoms with Crippen molar-refractivity contribution in [3.05, 3.63) is 84.5 Å². The third kappa shape index (κ3) is 3.91. The number of ketones is 1. The molecule has 0 aliphatic carbocycles. The van der Waals surface area contributed by atoms with E-state index in [0.717, 1.165) is 17.2 Å². The summed E-state index contributed by atoms with van der Waals surface area (Å²) in [6.07, 6.45) is 2.54. The van der Waals surface area contributed by atoms with E-state index in [1.54, 1.807) is 12.1 Å². The number of allylic oxidation sites excluding steroid dienone is 1. The van der Waals surface area contributed by atoms with Crippen LogP contribution in [0.3, 0.4) is 0 Å². The Morgan fingerprint density at radius 2 is 1.67 bits per heavy atom. The molecular weight excluding hydrogens is 360 g/mol. The van der Waals surface area contributed by atoms with E-state index in [9.17, 15) is 14.4 Å². The molecule has 0 bridgehead atoms. The van der Waals surface area contributed by atoms with Gasteiger partial charge in [-0.3, -0.25) is 24.6 Å². The summed E-state index contributed by atoms with van der Waals surface area (Å²) < 4.78 is 0. The molecule has 1 saturated heterocycles. The molecule has 134 valence electrons. The van der Waals surface area contributed by atoms with Gasteiger partial charge in [0.2, 0.25) is 0 Å². The van der Waals surface area contributed by atoms with Crippen LogP contribution in [-0.2, 0) is 9.59 Å². The molecule has 2 amide bonds. The Bertz CT molecular complexity index is 963. The fourth-order valence-electron chi connectivity index (χ4n) is 2.66. The predicted molar refractivity (Wildman–Crippen MR) is 107 cm³/mol. The maximum Gasteiger partial charge on any atom is 0.266 e. The normalized spacial score (nSPS) is 15.6. The van der Waals surface area contributed by atoms with E-state index >= 15 is 0 Å². The zero-order chi connectivity index (χ0) is 19.4. The number of amides is 2. The SMILES string of the molecule is C=CCN1C(=O)C(=CC(=O)c2ccc(-c3ccccc3)cc2)C(=O)NC1=S. The Morgan fingerprint density at radius 1 is 1.04 bits per heavy atom. The second kappa shape index (κ2) is 7.88. The second-order valence-electron chi connectivity index (χ2n) is 5.83. The number of nitrogens with zero attached hydrogens (tertiary/aromatic N) is 1. The molecule has 1 aliphatic rings. The molecule has 2 aromatic carbocycles. The lowest BCUT2D eigenvalue weighted by Gasteiger charge is -2.27. The topological polar surface area (TPSA) is 66.5 Å². The molecule has 1 fully saturated rings. The van der Waals surface area contributed by atoms with Gasteiger partial charge in [0.25, 0.3) is 11.8 Å². The molecule has 0 saturated carbocycles. The fraction of sp³-hybridized carbons (Fsp3) is 0.0476. The zero-order valence-corrected chi connectivity index (χ0v) is 15.2. The summed E-state index contributed by atoms with van der Waals surface area (Å²) in [6.45, 7) is 3.70. The van der Waals surface area contributed by atoms with Gasteiger partial charge in [-0.1, -0.05) is 60.7 Å². The standard InChI is InChI=1S/C21H16N2O3S/c1-2-12-23-20(26)17(19(25)22-21(23)27)13-18(24)16-10-8-15(9-11-16)14-6-4-3-5-7-14/h2-11,13H,1,12H2,(H,22,25,27). The third-order valence-electron chi connectivity index (χ3n) is 4.05. The van der Waals surface area contributed by atoms with Crippen LogP contribution in [0.4, 0.5) is 0 Å². The molecule has 6 heteroatoms. The lowest BCUT2D eigenvalue weighted by atomic mass is 10.0. The Hall–Kier alpha value is -3.38. The number of thiocarbonyl (C=S) groups is 1. The van der Waals surface area contributed by atoms with Crippen LogP contribution >= 0.6 is 12.2 Å². The van der Waals surface area contributed by atoms with E-state index in [0.29, 0.717) is 5.56 Å². The number of benzene rings is 2. The van der Waals surface area contributed by atoms with Crippen molar-refractivity contribution in [2.45, 2.75) is 0 Å². The Balaban J connectivity index is 1.85. The van der Waals surface area contributed by atoms with Crippen LogP contribution < -0.4 is 5.32 Å². The van der Waals surface area contributed by atoms with Gasteiger partial charge in [0.15, 0.2) is 10.9 Å². The van der Waals surface area contributed by atoms with Gasteiger partial charge < -0.3 is 0 Å². The number of rotatable bonds is 5. The van der Waals surface area contributed by atoms with Crippen LogP contribution in [0.5, 0.6) is 0 Å². The monoisotopic (exact) mass is 376 g/mol. The third-order valence-corrected chi connectivity index (χ3v) is 4.37. The summed E-state index contributed by atoms with van der Waals surface area (Å²) in [5.41, 5.74) is 2.13. The molecule has 27 heavy (non-hydrogen) atoms. The Morgan fingerprint density at radius 3 is 2.30 bits per heavy atom. The van der Waals surface area contributed by atoms with Crippen LogP contribution in [0.1, 0.15) is 10.4 Å². The first-order valence-electron chi connectivity index (χ1n) is 8.21. The minimum absolute atomic E-state index is 0.00159. The van der Waals surface area contributed by atoms with E-state index in [1.807, 2.05) is 42.5 Å². The van der Waals surface area contributed by atoms with Gasteiger partial charge in [-0.2, -0.15) is 0 Å². The van der Waals surface area contributed by atoms with Gasteiger partial charge in [-0.05, 0) is 23.3 Å². The first-order valence-corrected chi connectivity index (χ1v) is 8.61. The smallest absolute Gasteiger partial charge is 0.266 e. The van der Waals surface area contributed by atoms with Crippen molar-refractivity contribution < 1.29 is 14.4 Å². The molecule has 0 spiro atoms. The maximum atomic E-state index is 12.5. The average Bonchev–Trinajstić information content (AvgIpc) is 2.69. The molecule has 0 radical (unpaired) electrons. The maximum absolute atomic E-state index is 12.5. The highest BCUT2D eigenvalue weighted by atomic mass is 32.1. The van der Waals surface area contributed by atoms with Gasteiger partial charge in [-0.25, -0.2) is 0 Å². The van der Waals surface area contributed by atoms with E-state index in [1.165, 1.54) is 11.0 Å². The van der Waals surface area contributed by atoms with Gasteiger partial charge in [0.05, 0.1) is 0 Å². The number of nitrogens with one attached hydrogen (secondary N) is 1. The number of hydrogen-bond donors (Lipinski definition) is 1. The molecule has 1 N–H and O–H groups in total. The molecule has 3 rings (SSSR count). The molecule has 0 unspecified atom stereocenters. The first-order chi connectivity index (χ1) is 13.0. The van der Waals surface area contributed by atoms with E-state index in [2.05, 4.69) is 11.9 Å². The minimum Gasteiger partial charge on any atom is -0.298 e.